The van der Waals surface area contributed by atoms with Crippen molar-refractivity contribution in [3.05, 3.63) is 35.9 Å². The van der Waals surface area contributed by atoms with Crippen LogP contribution in [-0.2, 0) is 4.74 Å². The summed E-state index contributed by atoms with van der Waals surface area (Å²) in [5.74, 6) is 0.922. The van der Waals surface area contributed by atoms with Crippen molar-refractivity contribution in [3.8, 4) is 0 Å². The highest BCUT2D eigenvalue weighted by Gasteiger charge is 2.25. The molecule has 31 heavy (non-hydrogen) atoms. The maximum atomic E-state index is 5.13. The van der Waals surface area contributed by atoms with Crippen LogP contribution >= 0.6 is 0 Å². The van der Waals surface area contributed by atoms with E-state index in [1.54, 1.807) is 7.11 Å². The summed E-state index contributed by atoms with van der Waals surface area (Å²) in [5.41, 5.74) is 1.42. The highest BCUT2D eigenvalue weighted by Crippen LogP contribution is 2.24. The van der Waals surface area contributed by atoms with Gasteiger partial charge < -0.3 is 25.2 Å². The fraction of sp³-hybridized carbons (Fsp3) is 0.708. The standard InChI is InChI=1S/C24H44N6O/c1-5-25-24(27-14-17-28(2)15-10-20-31-4)26-13-9-16-30-19-18-29(3)21-23(30)22-11-7-6-8-12-22/h6-8,11-12,23H,5,9-10,13-21H2,1-4H3,(H2,25,26,27). The molecule has 2 N–H and O–H groups in total. The molecule has 7 heteroatoms. The quantitative estimate of drug-likeness (QED) is 0.282. The SMILES string of the molecule is CCNC(=NCCCN1CCN(C)CC1c1ccccc1)NCCN(C)CCCOC. The third kappa shape index (κ3) is 9.99. The van der Waals surface area contributed by atoms with Crippen LogP contribution in [0.1, 0.15) is 31.4 Å². The normalized spacial score (nSPS) is 18.5. The smallest absolute Gasteiger partial charge is 0.191 e. The number of aliphatic imine (C=N–C) groups is 1. The first-order chi connectivity index (χ1) is 15.1. The summed E-state index contributed by atoms with van der Waals surface area (Å²) in [6.07, 6.45) is 2.14. The Kier molecular flexibility index (Phi) is 12.5. The van der Waals surface area contributed by atoms with E-state index in [0.29, 0.717) is 6.04 Å². The molecule has 0 amide bonds. The number of hydrogen-bond acceptors (Lipinski definition) is 5. The van der Waals surface area contributed by atoms with Gasteiger partial charge in [0, 0.05) is 78.7 Å². The van der Waals surface area contributed by atoms with Gasteiger partial charge in [-0.15, -0.1) is 0 Å². The zero-order valence-corrected chi connectivity index (χ0v) is 20.1. The van der Waals surface area contributed by atoms with Crippen molar-refractivity contribution in [2.24, 2.45) is 4.99 Å². The molecule has 1 aromatic rings. The van der Waals surface area contributed by atoms with Crippen LogP contribution in [-0.4, -0.2) is 107 Å². The Morgan fingerprint density at radius 2 is 1.97 bits per heavy atom. The molecule has 0 bridgehead atoms. The maximum absolute atomic E-state index is 5.13. The van der Waals surface area contributed by atoms with Crippen molar-refractivity contribution in [1.29, 1.82) is 0 Å². The van der Waals surface area contributed by atoms with Crippen LogP contribution in [0.25, 0.3) is 0 Å². The monoisotopic (exact) mass is 432 g/mol. The summed E-state index contributed by atoms with van der Waals surface area (Å²) < 4.78 is 5.13. The Labute approximate surface area is 189 Å². The predicted molar refractivity (Wildman–Crippen MR) is 131 cm³/mol. The second kappa shape index (κ2) is 15.2. The van der Waals surface area contributed by atoms with Gasteiger partial charge in [0.25, 0.3) is 0 Å². The maximum Gasteiger partial charge on any atom is 0.191 e. The lowest BCUT2D eigenvalue weighted by molar-refractivity contribution is 0.0894. The van der Waals surface area contributed by atoms with Crippen LogP contribution in [0.5, 0.6) is 0 Å². The average molecular weight is 433 g/mol. The van der Waals surface area contributed by atoms with E-state index in [1.807, 2.05) is 0 Å². The molecular formula is C24H44N6O. The molecule has 1 saturated heterocycles. The van der Waals surface area contributed by atoms with Gasteiger partial charge in [-0.05, 0) is 39.4 Å². The van der Waals surface area contributed by atoms with Crippen molar-refractivity contribution < 1.29 is 4.74 Å². The van der Waals surface area contributed by atoms with Gasteiger partial charge in [0.15, 0.2) is 5.96 Å². The topological polar surface area (TPSA) is 55.4 Å². The van der Waals surface area contributed by atoms with Crippen LogP contribution in [0.4, 0.5) is 0 Å². The Bertz CT molecular complexity index is 611. The Morgan fingerprint density at radius 1 is 1.16 bits per heavy atom. The predicted octanol–water partition coefficient (Wildman–Crippen LogP) is 1.89. The number of ether oxygens (including phenoxy) is 1. The largest absolute Gasteiger partial charge is 0.385 e. The molecule has 1 heterocycles. The minimum Gasteiger partial charge on any atom is -0.385 e. The summed E-state index contributed by atoms with van der Waals surface area (Å²) in [7, 11) is 6.13. The fourth-order valence-corrected chi connectivity index (χ4v) is 3.98. The van der Waals surface area contributed by atoms with E-state index in [-0.39, 0.29) is 0 Å². The third-order valence-corrected chi connectivity index (χ3v) is 5.77. The van der Waals surface area contributed by atoms with Crippen molar-refractivity contribution in [3.63, 3.8) is 0 Å². The van der Waals surface area contributed by atoms with Gasteiger partial charge in [-0.2, -0.15) is 0 Å². The van der Waals surface area contributed by atoms with Crippen molar-refractivity contribution >= 4 is 5.96 Å². The van der Waals surface area contributed by atoms with Crippen LogP contribution in [0, 0.1) is 0 Å². The highest BCUT2D eigenvalue weighted by molar-refractivity contribution is 5.79. The van der Waals surface area contributed by atoms with E-state index in [0.717, 1.165) is 84.3 Å². The van der Waals surface area contributed by atoms with Gasteiger partial charge in [-0.3, -0.25) is 9.89 Å². The van der Waals surface area contributed by atoms with Crippen molar-refractivity contribution in [1.82, 2.24) is 25.3 Å². The summed E-state index contributed by atoms with van der Waals surface area (Å²) >= 11 is 0. The van der Waals surface area contributed by atoms with Gasteiger partial charge in [0.2, 0.25) is 0 Å². The molecule has 1 aliphatic heterocycles. The van der Waals surface area contributed by atoms with Crippen LogP contribution in [0.2, 0.25) is 0 Å². The number of nitrogens with one attached hydrogen (secondary N) is 2. The lowest BCUT2D eigenvalue weighted by Crippen LogP contribution is -2.47. The van der Waals surface area contributed by atoms with E-state index in [9.17, 15) is 0 Å². The molecule has 1 fully saturated rings. The van der Waals surface area contributed by atoms with E-state index in [1.165, 1.54) is 5.56 Å². The molecular weight excluding hydrogens is 388 g/mol. The minimum absolute atomic E-state index is 0.476. The molecule has 0 spiro atoms. The summed E-state index contributed by atoms with van der Waals surface area (Å²) in [5, 5.41) is 6.83. The molecule has 176 valence electrons. The number of hydrogen-bond donors (Lipinski definition) is 2. The average Bonchev–Trinajstić information content (AvgIpc) is 2.78. The number of benzene rings is 1. The summed E-state index contributed by atoms with van der Waals surface area (Å²) in [6.45, 7) is 12.0. The Hall–Kier alpha value is -1.67. The molecule has 7 nitrogen and oxygen atoms in total. The summed E-state index contributed by atoms with van der Waals surface area (Å²) in [6, 6.07) is 11.4. The first-order valence-corrected chi connectivity index (χ1v) is 11.8. The lowest BCUT2D eigenvalue weighted by Gasteiger charge is -2.40. The van der Waals surface area contributed by atoms with E-state index >= 15 is 0 Å². The number of methoxy groups -OCH3 is 1. The number of guanidine groups is 1. The minimum atomic E-state index is 0.476. The first kappa shape index (κ1) is 25.6. The molecule has 1 aromatic carbocycles. The lowest BCUT2D eigenvalue weighted by atomic mass is 10.0. The van der Waals surface area contributed by atoms with E-state index in [4.69, 9.17) is 9.73 Å². The Morgan fingerprint density at radius 3 is 2.71 bits per heavy atom. The van der Waals surface area contributed by atoms with Crippen molar-refractivity contribution in [2.45, 2.75) is 25.8 Å². The van der Waals surface area contributed by atoms with Gasteiger partial charge in [-0.25, -0.2) is 0 Å². The van der Waals surface area contributed by atoms with Crippen molar-refractivity contribution in [2.75, 3.05) is 86.7 Å². The second-order valence-electron chi connectivity index (χ2n) is 8.42. The summed E-state index contributed by atoms with van der Waals surface area (Å²) in [4.78, 5) is 12.2. The molecule has 0 aromatic heterocycles. The molecule has 1 atom stereocenters. The number of likely N-dealkylation sites (N-methyl/N-ethyl adjacent to an activating group) is 2. The number of rotatable bonds is 13. The number of nitrogens with zero attached hydrogens (tertiary/aromatic N) is 4. The van der Waals surface area contributed by atoms with Crippen LogP contribution < -0.4 is 10.6 Å². The fourth-order valence-electron chi connectivity index (χ4n) is 3.98. The third-order valence-electron chi connectivity index (χ3n) is 5.77. The molecule has 1 aliphatic rings. The van der Waals surface area contributed by atoms with Gasteiger partial charge in [-0.1, -0.05) is 30.3 Å². The van der Waals surface area contributed by atoms with Crippen LogP contribution in [0.15, 0.2) is 35.3 Å². The molecule has 1 unspecified atom stereocenters. The first-order valence-electron chi connectivity index (χ1n) is 11.8. The van der Waals surface area contributed by atoms with Crippen LogP contribution in [0.3, 0.4) is 0 Å². The highest BCUT2D eigenvalue weighted by atomic mass is 16.5. The molecule has 2 rings (SSSR count). The zero-order chi connectivity index (χ0) is 22.3. The van der Waals surface area contributed by atoms with Gasteiger partial charge in [0.05, 0.1) is 0 Å². The van der Waals surface area contributed by atoms with E-state index < -0.39 is 0 Å². The molecule has 0 radical (unpaired) electrons. The van der Waals surface area contributed by atoms with Gasteiger partial charge in [0.1, 0.15) is 0 Å². The van der Waals surface area contributed by atoms with E-state index in [2.05, 4.69) is 76.7 Å². The molecule has 0 saturated carbocycles. The molecule has 0 aliphatic carbocycles. The number of piperazine rings is 1. The Balaban J connectivity index is 1.75. The second-order valence-corrected chi connectivity index (χ2v) is 8.42. The van der Waals surface area contributed by atoms with Gasteiger partial charge >= 0.3 is 0 Å². The zero-order valence-electron chi connectivity index (χ0n) is 20.1.